The lowest BCUT2D eigenvalue weighted by molar-refractivity contribution is -0.131. The summed E-state index contributed by atoms with van der Waals surface area (Å²) in [7, 11) is 1.63. The molecule has 0 N–H and O–H groups in total. The molecule has 1 saturated heterocycles. The van der Waals surface area contributed by atoms with Gasteiger partial charge in [0.25, 0.3) is 5.91 Å². The maximum atomic E-state index is 13.1. The molecule has 0 saturated carbocycles. The summed E-state index contributed by atoms with van der Waals surface area (Å²) in [6.07, 6.45) is 0.422. The van der Waals surface area contributed by atoms with Crippen molar-refractivity contribution in [3.05, 3.63) is 81.8 Å². The average molecular weight is 480 g/mol. The van der Waals surface area contributed by atoms with Crippen molar-refractivity contribution in [1.82, 2.24) is 14.8 Å². The Hall–Kier alpha value is -3.23. The van der Waals surface area contributed by atoms with E-state index in [2.05, 4.69) is 17.1 Å². The number of rotatable bonds is 8. The second-order valence-corrected chi connectivity index (χ2v) is 9.36. The molecule has 2 heterocycles. The lowest BCUT2D eigenvalue weighted by Crippen LogP contribution is -2.40. The summed E-state index contributed by atoms with van der Waals surface area (Å²) in [5.74, 6) is 0.443. The monoisotopic (exact) mass is 479 g/mol. The zero-order chi connectivity index (χ0) is 23.9. The fourth-order valence-corrected chi connectivity index (χ4v) is 4.55. The Labute approximate surface area is 203 Å². The predicted molar refractivity (Wildman–Crippen MR) is 131 cm³/mol. The molecule has 0 unspecified atom stereocenters. The topological polar surface area (TPSA) is 72.0 Å². The van der Waals surface area contributed by atoms with Crippen LogP contribution in [0.2, 0.25) is 0 Å². The number of methoxy groups -OCH3 is 1. The molecule has 0 bridgehead atoms. The molecule has 0 spiro atoms. The molecular weight excluding hydrogens is 450 g/mol. The molecule has 2 aromatic carbocycles. The average Bonchev–Trinajstić information content (AvgIpc) is 3.23. The number of aromatic nitrogens is 1. The summed E-state index contributed by atoms with van der Waals surface area (Å²) < 4.78 is 11.5. The fourth-order valence-electron chi connectivity index (χ4n) is 3.96. The first-order chi connectivity index (χ1) is 16.5. The van der Waals surface area contributed by atoms with Gasteiger partial charge in [0.2, 0.25) is 5.91 Å². The summed E-state index contributed by atoms with van der Waals surface area (Å²) in [4.78, 5) is 34.0. The zero-order valence-electron chi connectivity index (χ0n) is 19.5. The largest absolute Gasteiger partial charge is 0.497 e. The molecule has 3 aromatic rings. The van der Waals surface area contributed by atoms with Crippen LogP contribution in [0.25, 0.3) is 0 Å². The van der Waals surface area contributed by atoms with Crippen LogP contribution in [-0.4, -0.2) is 66.0 Å². The summed E-state index contributed by atoms with van der Waals surface area (Å²) in [6, 6.07) is 17.8. The number of carbonyl (C=O) groups is 2. The molecule has 8 heteroatoms. The van der Waals surface area contributed by atoms with E-state index in [1.807, 2.05) is 54.3 Å². The summed E-state index contributed by atoms with van der Waals surface area (Å²) in [5.41, 5.74) is 2.51. The number of aryl methyl sites for hydroxylation is 1. The maximum absolute atomic E-state index is 13.1. The number of carbonyl (C=O) groups excluding carboxylic acids is 2. The maximum Gasteiger partial charge on any atom is 0.273 e. The highest BCUT2D eigenvalue weighted by atomic mass is 32.1. The van der Waals surface area contributed by atoms with Gasteiger partial charge in [0.1, 0.15) is 18.0 Å². The van der Waals surface area contributed by atoms with Crippen molar-refractivity contribution in [3.8, 4) is 5.75 Å². The van der Waals surface area contributed by atoms with Gasteiger partial charge in [-0.2, -0.15) is 0 Å². The fraction of sp³-hybridized carbons (Fsp3) is 0.346. The van der Waals surface area contributed by atoms with E-state index in [0.29, 0.717) is 31.9 Å². The Bertz CT molecular complexity index is 1120. The summed E-state index contributed by atoms with van der Waals surface area (Å²) in [5, 5.41) is 2.56. The highest BCUT2D eigenvalue weighted by Gasteiger charge is 2.32. The molecule has 1 aromatic heterocycles. The third-order valence-corrected chi connectivity index (χ3v) is 6.56. The van der Waals surface area contributed by atoms with Crippen molar-refractivity contribution in [1.29, 1.82) is 0 Å². The number of benzene rings is 2. The van der Waals surface area contributed by atoms with E-state index >= 15 is 0 Å². The van der Waals surface area contributed by atoms with Gasteiger partial charge in [0, 0.05) is 25.0 Å². The first kappa shape index (κ1) is 23.9. The van der Waals surface area contributed by atoms with Crippen LogP contribution in [0, 0.1) is 6.92 Å². The van der Waals surface area contributed by atoms with Crippen molar-refractivity contribution < 1.29 is 19.1 Å². The lowest BCUT2D eigenvalue weighted by Gasteiger charge is -2.25. The van der Waals surface area contributed by atoms with E-state index in [1.165, 1.54) is 16.9 Å². The second-order valence-electron chi connectivity index (χ2n) is 8.30. The molecule has 1 aliphatic rings. The van der Waals surface area contributed by atoms with Crippen molar-refractivity contribution >= 4 is 23.2 Å². The molecule has 4 rings (SSSR count). The molecular formula is C26H29N3O4S. The van der Waals surface area contributed by atoms with Gasteiger partial charge in [-0.1, -0.05) is 42.5 Å². The number of hydrogen-bond acceptors (Lipinski definition) is 6. The molecule has 178 valence electrons. The first-order valence-corrected chi connectivity index (χ1v) is 12.2. The second kappa shape index (κ2) is 11.3. The van der Waals surface area contributed by atoms with Crippen LogP contribution in [0.3, 0.4) is 0 Å². The van der Waals surface area contributed by atoms with E-state index < -0.39 is 0 Å². The molecule has 2 amide bonds. The van der Waals surface area contributed by atoms with Crippen molar-refractivity contribution in [3.63, 3.8) is 0 Å². The van der Waals surface area contributed by atoms with Crippen molar-refractivity contribution in [2.45, 2.75) is 26.1 Å². The van der Waals surface area contributed by atoms with Crippen molar-refractivity contribution in [2.75, 3.05) is 33.3 Å². The summed E-state index contributed by atoms with van der Waals surface area (Å²) >= 11 is 1.42. The standard InChI is InChI=1S/C26H29N3O4S/c1-19-27-24(18-34-19)26(31)29-15-23(33-17-21-9-6-10-22(13-21)32-2)14-28(25(30)16-29)12-11-20-7-4-3-5-8-20/h3-10,13,18,23H,11-12,14-17H2,1-2H3/t23-/m0/s1. The molecule has 1 atom stereocenters. The van der Waals surface area contributed by atoms with Crippen molar-refractivity contribution in [2.24, 2.45) is 0 Å². The van der Waals surface area contributed by atoms with Gasteiger partial charge in [0.05, 0.1) is 24.8 Å². The van der Waals surface area contributed by atoms with E-state index in [-0.39, 0.29) is 24.5 Å². The van der Waals surface area contributed by atoms with Gasteiger partial charge in [-0.15, -0.1) is 11.3 Å². The van der Waals surface area contributed by atoms with Gasteiger partial charge in [-0.3, -0.25) is 9.59 Å². The van der Waals surface area contributed by atoms with Gasteiger partial charge in [-0.05, 0) is 36.6 Å². The number of thiazole rings is 1. The minimum Gasteiger partial charge on any atom is -0.497 e. The minimum atomic E-state index is -0.322. The van der Waals surface area contributed by atoms with E-state index in [0.717, 1.165) is 22.7 Å². The van der Waals surface area contributed by atoms with Crippen LogP contribution in [0.15, 0.2) is 60.0 Å². The van der Waals surface area contributed by atoms with Gasteiger partial charge >= 0.3 is 0 Å². The van der Waals surface area contributed by atoms with E-state index in [4.69, 9.17) is 9.47 Å². The van der Waals surface area contributed by atoms with Gasteiger partial charge in [-0.25, -0.2) is 4.98 Å². The number of hydrogen-bond donors (Lipinski definition) is 0. The third-order valence-electron chi connectivity index (χ3n) is 5.79. The first-order valence-electron chi connectivity index (χ1n) is 11.3. The van der Waals surface area contributed by atoms with Crippen LogP contribution in [0.4, 0.5) is 0 Å². The van der Waals surface area contributed by atoms with Crippen LogP contribution in [0.1, 0.15) is 26.6 Å². The number of ether oxygens (including phenoxy) is 2. The molecule has 34 heavy (non-hydrogen) atoms. The Balaban J connectivity index is 1.49. The van der Waals surface area contributed by atoms with Gasteiger partial charge < -0.3 is 19.3 Å². The Morgan fingerprint density at radius 2 is 1.91 bits per heavy atom. The van der Waals surface area contributed by atoms with Crippen LogP contribution >= 0.6 is 11.3 Å². The predicted octanol–water partition coefficient (Wildman–Crippen LogP) is 3.57. The lowest BCUT2D eigenvalue weighted by atomic mass is 10.1. The van der Waals surface area contributed by atoms with E-state index in [9.17, 15) is 9.59 Å². The molecule has 0 aliphatic carbocycles. The number of nitrogens with zero attached hydrogens (tertiary/aromatic N) is 3. The Morgan fingerprint density at radius 1 is 1.12 bits per heavy atom. The molecule has 7 nitrogen and oxygen atoms in total. The van der Waals surface area contributed by atoms with Crippen LogP contribution in [0.5, 0.6) is 5.75 Å². The molecule has 1 fully saturated rings. The van der Waals surface area contributed by atoms with Crippen LogP contribution in [-0.2, 0) is 22.6 Å². The Morgan fingerprint density at radius 3 is 2.65 bits per heavy atom. The SMILES string of the molecule is COc1cccc(CO[C@H]2CN(CCc3ccccc3)C(=O)CN(C(=O)c3csc(C)n3)C2)c1. The summed E-state index contributed by atoms with van der Waals surface area (Å²) in [6.45, 7) is 3.56. The highest BCUT2D eigenvalue weighted by molar-refractivity contribution is 7.09. The zero-order valence-corrected chi connectivity index (χ0v) is 20.3. The number of amides is 2. The van der Waals surface area contributed by atoms with E-state index in [1.54, 1.807) is 17.4 Å². The van der Waals surface area contributed by atoms with Gasteiger partial charge in [0.15, 0.2) is 0 Å². The molecule has 0 radical (unpaired) electrons. The normalized spacial score (nSPS) is 16.4. The smallest absolute Gasteiger partial charge is 0.273 e. The van der Waals surface area contributed by atoms with Crippen LogP contribution < -0.4 is 4.74 Å². The third kappa shape index (κ3) is 6.21. The quantitative estimate of drug-likeness (QED) is 0.494. The highest BCUT2D eigenvalue weighted by Crippen LogP contribution is 2.18. The molecule has 1 aliphatic heterocycles. The Kier molecular flexibility index (Phi) is 7.92. The minimum absolute atomic E-state index is 0.0171.